The Hall–Kier alpha value is -1.49. The van der Waals surface area contributed by atoms with Crippen LogP contribution in [0.25, 0.3) is 0 Å². The molecule has 0 radical (unpaired) electrons. The number of nitrogens with two attached hydrogens (primary N) is 1. The first-order valence-electron chi connectivity index (χ1n) is 6.07. The van der Waals surface area contributed by atoms with Gasteiger partial charge in [-0.25, -0.2) is 0 Å². The minimum absolute atomic E-state index is 0.0902. The van der Waals surface area contributed by atoms with Crippen LogP contribution in [0.1, 0.15) is 44.2 Å². The summed E-state index contributed by atoms with van der Waals surface area (Å²) in [6, 6.07) is 1.83. The van der Waals surface area contributed by atoms with Crippen LogP contribution in [-0.4, -0.2) is 39.7 Å². The van der Waals surface area contributed by atoms with Crippen molar-refractivity contribution in [3.8, 4) is 0 Å². The van der Waals surface area contributed by atoms with E-state index in [1.165, 1.54) is 0 Å². The first-order chi connectivity index (χ1) is 8.20. The van der Waals surface area contributed by atoms with Crippen LogP contribution in [0.3, 0.4) is 0 Å². The molecule has 1 aromatic heterocycles. The monoisotopic (exact) mass is 253 g/mol. The molecule has 0 aromatic carbocycles. The lowest BCUT2D eigenvalue weighted by Gasteiger charge is -2.34. The number of carbonyl (C=O) groups is 1. The van der Waals surface area contributed by atoms with Crippen LogP contribution < -0.4 is 5.73 Å². The van der Waals surface area contributed by atoms with Gasteiger partial charge in [-0.3, -0.25) is 4.79 Å². The first-order valence-corrected chi connectivity index (χ1v) is 6.07. The SMILES string of the molecule is CC(C)n1cc(N)cc1C(=O)N(C)C(C)(C)CO. The van der Waals surface area contributed by atoms with Gasteiger partial charge in [-0.2, -0.15) is 0 Å². The lowest BCUT2D eigenvalue weighted by Crippen LogP contribution is -2.48. The highest BCUT2D eigenvalue weighted by Crippen LogP contribution is 2.21. The maximum Gasteiger partial charge on any atom is 0.270 e. The molecule has 102 valence electrons. The summed E-state index contributed by atoms with van der Waals surface area (Å²) in [6.45, 7) is 7.53. The average molecular weight is 253 g/mol. The van der Waals surface area contributed by atoms with Crippen LogP contribution in [0.4, 0.5) is 5.69 Å². The Morgan fingerprint density at radius 2 is 2.11 bits per heavy atom. The number of amides is 1. The topological polar surface area (TPSA) is 71.5 Å². The number of hydrogen-bond acceptors (Lipinski definition) is 3. The molecule has 0 fully saturated rings. The number of rotatable bonds is 4. The summed E-state index contributed by atoms with van der Waals surface area (Å²) in [5.74, 6) is -0.139. The number of aliphatic hydroxyl groups is 1. The van der Waals surface area contributed by atoms with Crippen molar-refractivity contribution in [2.75, 3.05) is 19.4 Å². The van der Waals surface area contributed by atoms with Gasteiger partial charge in [0, 0.05) is 19.3 Å². The fourth-order valence-corrected chi connectivity index (χ4v) is 1.65. The Morgan fingerprint density at radius 1 is 1.56 bits per heavy atom. The molecule has 1 aromatic rings. The van der Waals surface area contributed by atoms with Crippen LogP contribution in [0.2, 0.25) is 0 Å². The highest BCUT2D eigenvalue weighted by molar-refractivity contribution is 5.94. The Kier molecular flexibility index (Phi) is 4.06. The number of hydrogen-bond donors (Lipinski definition) is 2. The van der Waals surface area contributed by atoms with Crippen LogP contribution in [0.15, 0.2) is 12.3 Å². The van der Waals surface area contributed by atoms with Crippen molar-refractivity contribution in [1.29, 1.82) is 0 Å². The molecular weight excluding hydrogens is 230 g/mol. The minimum atomic E-state index is -0.599. The van der Waals surface area contributed by atoms with Gasteiger partial charge < -0.3 is 20.3 Å². The highest BCUT2D eigenvalue weighted by Gasteiger charge is 2.29. The van der Waals surface area contributed by atoms with Crippen LogP contribution in [-0.2, 0) is 0 Å². The van der Waals surface area contributed by atoms with Gasteiger partial charge in [-0.1, -0.05) is 0 Å². The Labute approximate surface area is 108 Å². The van der Waals surface area contributed by atoms with Gasteiger partial charge in [-0.05, 0) is 33.8 Å². The van der Waals surface area contributed by atoms with Crippen molar-refractivity contribution < 1.29 is 9.90 Å². The number of likely N-dealkylation sites (N-methyl/N-ethyl adjacent to an activating group) is 1. The number of aliphatic hydroxyl groups excluding tert-OH is 1. The van der Waals surface area contributed by atoms with Crippen molar-refractivity contribution in [3.05, 3.63) is 18.0 Å². The number of nitrogen functional groups attached to an aromatic ring is 1. The molecule has 0 aliphatic heterocycles. The van der Waals surface area contributed by atoms with E-state index in [1.807, 2.05) is 32.3 Å². The summed E-state index contributed by atoms with van der Waals surface area (Å²) < 4.78 is 1.85. The quantitative estimate of drug-likeness (QED) is 0.854. The summed E-state index contributed by atoms with van der Waals surface area (Å²) in [6.07, 6.45) is 1.76. The van der Waals surface area contributed by atoms with Gasteiger partial charge >= 0.3 is 0 Å². The molecule has 0 saturated heterocycles. The Balaban J connectivity index is 3.11. The molecule has 5 nitrogen and oxygen atoms in total. The zero-order valence-corrected chi connectivity index (χ0v) is 11.8. The molecule has 1 amide bonds. The van der Waals surface area contributed by atoms with Gasteiger partial charge in [0.15, 0.2) is 0 Å². The van der Waals surface area contributed by atoms with Crippen molar-refractivity contribution in [1.82, 2.24) is 9.47 Å². The normalized spacial score (nSPS) is 11.9. The predicted molar refractivity (Wildman–Crippen MR) is 72.5 cm³/mol. The summed E-state index contributed by atoms with van der Waals surface area (Å²) in [5, 5.41) is 9.32. The van der Waals surface area contributed by atoms with E-state index in [4.69, 9.17) is 5.73 Å². The molecule has 3 N–H and O–H groups in total. The van der Waals surface area contributed by atoms with Crippen molar-refractivity contribution >= 4 is 11.6 Å². The van der Waals surface area contributed by atoms with Crippen molar-refractivity contribution in [2.24, 2.45) is 0 Å². The predicted octanol–water partition coefficient (Wildman–Crippen LogP) is 1.49. The number of nitrogens with zero attached hydrogens (tertiary/aromatic N) is 2. The molecule has 18 heavy (non-hydrogen) atoms. The molecule has 0 unspecified atom stereocenters. The van der Waals surface area contributed by atoms with E-state index >= 15 is 0 Å². The number of anilines is 1. The number of carbonyl (C=O) groups excluding carboxylic acids is 1. The van der Waals surface area contributed by atoms with E-state index in [1.54, 1.807) is 24.2 Å². The molecule has 0 saturated carbocycles. The fraction of sp³-hybridized carbons (Fsp3) is 0.615. The highest BCUT2D eigenvalue weighted by atomic mass is 16.3. The zero-order chi connectivity index (χ0) is 14.1. The molecule has 0 spiro atoms. The van der Waals surface area contributed by atoms with Crippen LogP contribution >= 0.6 is 0 Å². The molecular formula is C13H23N3O2. The van der Waals surface area contributed by atoms with Gasteiger partial charge in [0.1, 0.15) is 5.69 Å². The van der Waals surface area contributed by atoms with Crippen molar-refractivity contribution in [3.63, 3.8) is 0 Å². The molecule has 0 aliphatic carbocycles. The second kappa shape index (κ2) is 5.02. The Morgan fingerprint density at radius 3 is 2.56 bits per heavy atom. The maximum absolute atomic E-state index is 12.4. The summed E-state index contributed by atoms with van der Waals surface area (Å²) in [7, 11) is 1.69. The van der Waals surface area contributed by atoms with E-state index in [0.717, 1.165) is 0 Å². The third-order valence-corrected chi connectivity index (χ3v) is 3.24. The second-order valence-corrected chi connectivity index (χ2v) is 5.49. The molecule has 0 bridgehead atoms. The lowest BCUT2D eigenvalue weighted by molar-refractivity contribution is 0.0462. The van der Waals surface area contributed by atoms with E-state index in [0.29, 0.717) is 11.4 Å². The van der Waals surface area contributed by atoms with E-state index in [9.17, 15) is 9.90 Å². The third kappa shape index (κ3) is 2.67. The van der Waals surface area contributed by atoms with E-state index in [2.05, 4.69) is 0 Å². The smallest absolute Gasteiger partial charge is 0.270 e. The second-order valence-electron chi connectivity index (χ2n) is 5.49. The summed E-state index contributed by atoms with van der Waals surface area (Å²) in [4.78, 5) is 14.0. The Bertz CT molecular complexity index is 435. The first kappa shape index (κ1) is 14.6. The lowest BCUT2D eigenvalue weighted by atomic mass is 10.0. The molecule has 1 heterocycles. The largest absolute Gasteiger partial charge is 0.397 e. The van der Waals surface area contributed by atoms with Gasteiger partial charge in [-0.15, -0.1) is 0 Å². The zero-order valence-electron chi connectivity index (χ0n) is 11.8. The van der Waals surface area contributed by atoms with Crippen molar-refractivity contribution in [2.45, 2.75) is 39.3 Å². The maximum atomic E-state index is 12.4. The molecule has 1 rings (SSSR count). The third-order valence-electron chi connectivity index (χ3n) is 3.24. The van der Waals surface area contributed by atoms with E-state index < -0.39 is 5.54 Å². The van der Waals surface area contributed by atoms with Crippen LogP contribution in [0.5, 0.6) is 0 Å². The minimum Gasteiger partial charge on any atom is -0.397 e. The average Bonchev–Trinajstić information content (AvgIpc) is 2.69. The molecule has 5 heteroatoms. The van der Waals surface area contributed by atoms with Crippen LogP contribution in [0, 0.1) is 0 Å². The fourth-order valence-electron chi connectivity index (χ4n) is 1.65. The summed E-state index contributed by atoms with van der Waals surface area (Å²) >= 11 is 0. The molecule has 0 atom stereocenters. The van der Waals surface area contributed by atoms with E-state index in [-0.39, 0.29) is 18.6 Å². The number of aromatic nitrogens is 1. The van der Waals surface area contributed by atoms with Gasteiger partial charge in [0.2, 0.25) is 0 Å². The summed E-state index contributed by atoms with van der Waals surface area (Å²) in [5.41, 5.74) is 6.28. The van der Waals surface area contributed by atoms with Gasteiger partial charge in [0.05, 0.1) is 17.8 Å². The standard InChI is InChI=1S/C13H23N3O2/c1-9(2)16-7-10(14)6-11(16)12(18)15(5)13(3,4)8-17/h6-7,9,17H,8,14H2,1-5H3. The molecule has 0 aliphatic rings. The van der Waals surface area contributed by atoms with Gasteiger partial charge in [0.25, 0.3) is 5.91 Å².